The summed E-state index contributed by atoms with van der Waals surface area (Å²) in [6, 6.07) is 7.23. The standard InChI is InChI=1S/C18H16O6/c1-20-12-6-5-10-15-11(8-23-16(10)14(12)19)9-4-7-13(21-2)18(22-3)17(9)24-15/h4-7,19H,8H2,1-3H3. The van der Waals surface area contributed by atoms with Gasteiger partial charge in [0.1, 0.15) is 12.4 Å². The van der Waals surface area contributed by atoms with Crippen LogP contribution in [-0.2, 0) is 6.61 Å². The molecule has 124 valence electrons. The number of phenols is 1. The summed E-state index contributed by atoms with van der Waals surface area (Å²) in [6.45, 7) is 0.283. The smallest absolute Gasteiger partial charge is 0.204 e. The molecule has 1 aromatic heterocycles. The van der Waals surface area contributed by atoms with E-state index >= 15 is 0 Å². The Morgan fingerprint density at radius 1 is 0.958 bits per heavy atom. The van der Waals surface area contributed by atoms with Gasteiger partial charge >= 0.3 is 0 Å². The van der Waals surface area contributed by atoms with Gasteiger partial charge in [-0.25, -0.2) is 0 Å². The predicted molar refractivity (Wildman–Crippen MR) is 87.3 cm³/mol. The van der Waals surface area contributed by atoms with E-state index in [1.165, 1.54) is 7.11 Å². The average Bonchev–Trinajstić information content (AvgIpc) is 3.00. The molecule has 0 amide bonds. The highest BCUT2D eigenvalue weighted by molar-refractivity contribution is 5.95. The molecule has 6 nitrogen and oxygen atoms in total. The summed E-state index contributed by atoms with van der Waals surface area (Å²) in [5, 5.41) is 11.2. The lowest BCUT2D eigenvalue weighted by molar-refractivity contribution is 0.276. The van der Waals surface area contributed by atoms with E-state index in [1.807, 2.05) is 12.1 Å². The van der Waals surface area contributed by atoms with Gasteiger partial charge in [-0.15, -0.1) is 0 Å². The third-order valence-electron chi connectivity index (χ3n) is 4.22. The van der Waals surface area contributed by atoms with Crippen LogP contribution in [0.4, 0.5) is 0 Å². The molecular weight excluding hydrogens is 312 g/mol. The summed E-state index contributed by atoms with van der Waals surface area (Å²) in [6.07, 6.45) is 0. The van der Waals surface area contributed by atoms with Gasteiger partial charge in [0.2, 0.25) is 11.5 Å². The maximum Gasteiger partial charge on any atom is 0.204 e. The van der Waals surface area contributed by atoms with Gasteiger partial charge in [0.15, 0.2) is 22.8 Å². The van der Waals surface area contributed by atoms with Crippen molar-refractivity contribution in [1.29, 1.82) is 0 Å². The molecule has 3 aromatic rings. The van der Waals surface area contributed by atoms with E-state index in [1.54, 1.807) is 26.4 Å². The fraction of sp³-hybridized carbons (Fsp3) is 0.222. The van der Waals surface area contributed by atoms with E-state index in [2.05, 4.69) is 0 Å². The van der Waals surface area contributed by atoms with Crippen LogP contribution in [-0.4, -0.2) is 26.4 Å². The zero-order valence-electron chi connectivity index (χ0n) is 13.5. The Morgan fingerprint density at radius 3 is 2.42 bits per heavy atom. The number of ether oxygens (including phenoxy) is 4. The second-order valence-corrected chi connectivity index (χ2v) is 5.37. The number of furan rings is 1. The molecule has 2 aromatic carbocycles. The number of rotatable bonds is 3. The Bertz CT molecular complexity index is 941. The summed E-state index contributed by atoms with van der Waals surface area (Å²) >= 11 is 0. The van der Waals surface area contributed by atoms with Gasteiger partial charge in [-0.1, -0.05) is 0 Å². The number of aromatic hydroxyl groups is 1. The molecule has 0 fully saturated rings. The van der Waals surface area contributed by atoms with Gasteiger partial charge in [0, 0.05) is 10.9 Å². The van der Waals surface area contributed by atoms with Crippen LogP contribution in [0.2, 0.25) is 0 Å². The van der Waals surface area contributed by atoms with Crippen LogP contribution in [0, 0.1) is 0 Å². The van der Waals surface area contributed by atoms with Gasteiger partial charge in [-0.3, -0.25) is 0 Å². The van der Waals surface area contributed by atoms with Gasteiger partial charge in [-0.05, 0) is 24.3 Å². The minimum Gasteiger partial charge on any atom is -0.502 e. The van der Waals surface area contributed by atoms with Crippen molar-refractivity contribution >= 4 is 11.0 Å². The van der Waals surface area contributed by atoms with Gasteiger partial charge < -0.3 is 28.5 Å². The molecule has 24 heavy (non-hydrogen) atoms. The second kappa shape index (κ2) is 5.26. The quantitative estimate of drug-likeness (QED) is 0.790. The van der Waals surface area contributed by atoms with Crippen molar-refractivity contribution < 1.29 is 28.5 Å². The van der Waals surface area contributed by atoms with Crippen molar-refractivity contribution in [1.82, 2.24) is 0 Å². The average molecular weight is 328 g/mol. The fourth-order valence-electron chi connectivity index (χ4n) is 3.07. The zero-order chi connectivity index (χ0) is 16.8. The first kappa shape index (κ1) is 14.6. The maximum absolute atomic E-state index is 10.3. The molecule has 0 saturated carbocycles. The first-order valence-corrected chi connectivity index (χ1v) is 7.39. The lowest BCUT2D eigenvalue weighted by Gasteiger charge is -2.19. The van der Waals surface area contributed by atoms with E-state index < -0.39 is 0 Å². The highest BCUT2D eigenvalue weighted by atomic mass is 16.5. The molecule has 0 radical (unpaired) electrons. The van der Waals surface area contributed by atoms with Crippen molar-refractivity contribution in [2.75, 3.05) is 21.3 Å². The monoisotopic (exact) mass is 328 g/mol. The fourth-order valence-corrected chi connectivity index (χ4v) is 3.07. The third-order valence-corrected chi connectivity index (χ3v) is 4.22. The first-order chi connectivity index (χ1) is 11.7. The molecule has 0 unspecified atom stereocenters. The molecule has 6 heteroatoms. The molecular formula is C18H16O6. The summed E-state index contributed by atoms with van der Waals surface area (Å²) in [5.41, 5.74) is 2.17. The Hall–Kier alpha value is -3.02. The zero-order valence-corrected chi connectivity index (χ0v) is 13.5. The van der Waals surface area contributed by atoms with E-state index in [4.69, 9.17) is 23.4 Å². The summed E-state index contributed by atoms with van der Waals surface area (Å²) in [5.74, 6) is 2.44. The van der Waals surface area contributed by atoms with E-state index in [0.717, 1.165) is 10.9 Å². The molecule has 0 aliphatic carbocycles. The van der Waals surface area contributed by atoms with Crippen LogP contribution in [0.5, 0.6) is 28.7 Å². The van der Waals surface area contributed by atoms with Crippen molar-refractivity contribution in [3.63, 3.8) is 0 Å². The maximum atomic E-state index is 10.3. The molecule has 4 rings (SSSR count). The molecule has 1 N–H and O–H groups in total. The molecule has 0 atom stereocenters. The molecule has 1 aliphatic heterocycles. The van der Waals surface area contributed by atoms with E-state index in [-0.39, 0.29) is 12.4 Å². The first-order valence-electron chi connectivity index (χ1n) is 7.39. The van der Waals surface area contributed by atoms with Crippen LogP contribution < -0.4 is 18.9 Å². The molecule has 0 spiro atoms. The Kier molecular flexibility index (Phi) is 3.19. The van der Waals surface area contributed by atoms with E-state index in [0.29, 0.717) is 39.9 Å². The molecule has 0 bridgehead atoms. The highest BCUT2D eigenvalue weighted by Gasteiger charge is 2.29. The molecule has 0 saturated heterocycles. The van der Waals surface area contributed by atoms with Crippen LogP contribution in [0.3, 0.4) is 0 Å². The SMILES string of the molecule is COc1ccc2c(c1O)OCc1c-2oc2c(OC)c(OC)ccc12. The molecule has 2 heterocycles. The highest BCUT2D eigenvalue weighted by Crippen LogP contribution is 2.51. The normalized spacial score (nSPS) is 12.3. The minimum atomic E-state index is -0.0364. The summed E-state index contributed by atoms with van der Waals surface area (Å²) < 4.78 is 27.7. The Balaban J connectivity index is 2.00. The number of benzene rings is 2. The van der Waals surface area contributed by atoms with Crippen molar-refractivity contribution in [3.05, 3.63) is 29.8 Å². The van der Waals surface area contributed by atoms with Crippen molar-refractivity contribution in [2.45, 2.75) is 6.61 Å². The lowest BCUT2D eigenvalue weighted by atomic mass is 10.0. The number of hydrogen-bond acceptors (Lipinski definition) is 6. The van der Waals surface area contributed by atoms with Crippen LogP contribution in [0.15, 0.2) is 28.7 Å². The molecule has 1 aliphatic rings. The van der Waals surface area contributed by atoms with Crippen molar-refractivity contribution in [2.24, 2.45) is 0 Å². The third kappa shape index (κ3) is 1.83. The Morgan fingerprint density at radius 2 is 1.71 bits per heavy atom. The van der Waals surface area contributed by atoms with E-state index in [9.17, 15) is 5.11 Å². The van der Waals surface area contributed by atoms with Crippen LogP contribution in [0.25, 0.3) is 22.3 Å². The van der Waals surface area contributed by atoms with Gasteiger partial charge in [-0.2, -0.15) is 0 Å². The Labute approximate surface area is 138 Å². The summed E-state index contributed by atoms with van der Waals surface area (Å²) in [7, 11) is 4.64. The number of hydrogen-bond donors (Lipinski definition) is 1. The largest absolute Gasteiger partial charge is 0.502 e. The predicted octanol–water partition coefficient (Wildman–Crippen LogP) is 3.72. The number of methoxy groups -OCH3 is 3. The van der Waals surface area contributed by atoms with Gasteiger partial charge in [0.05, 0.1) is 26.9 Å². The second-order valence-electron chi connectivity index (χ2n) is 5.37. The topological polar surface area (TPSA) is 70.3 Å². The lowest BCUT2D eigenvalue weighted by Crippen LogP contribution is -2.04. The van der Waals surface area contributed by atoms with Crippen LogP contribution in [0.1, 0.15) is 5.56 Å². The summed E-state index contributed by atoms with van der Waals surface area (Å²) in [4.78, 5) is 0. The number of fused-ring (bicyclic) bond motifs is 5. The van der Waals surface area contributed by atoms with Crippen molar-refractivity contribution in [3.8, 4) is 40.1 Å². The minimum absolute atomic E-state index is 0.0364. The number of phenolic OH excluding ortho intramolecular Hbond substituents is 1. The van der Waals surface area contributed by atoms with Gasteiger partial charge in [0.25, 0.3) is 0 Å². The van der Waals surface area contributed by atoms with Crippen LogP contribution >= 0.6 is 0 Å².